The van der Waals surface area contributed by atoms with E-state index in [0.717, 1.165) is 39.4 Å². The fraction of sp³-hybridized carbons (Fsp3) is 0.533. The Morgan fingerprint density at radius 2 is 2.00 bits per heavy atom. The Morgan fingerprint density at radius 3 is 2.67 bits per heavy atom. The highest BCUT2D eigenvalue weighted by molar-refractivity contribution is 5.85. The zero-order chi connectivity index (χ0) is 13.8. The van der Waals surface area contributed by atoms with Crippen molar-refractivity contribution in [1.29, 1.82) is 0 Å². The molecule has 0 atom stereocenters. The van der Waals surface area contributed by atoms with E-state index in [1.54, 1.807) is 0 Å². The van der Waals surface area contributed by atoms with E-state index in [1.165, 1.54) is 11.3 Å². The Kier molecular flexibility index (Phi) is 5.85. The third kappa shape index (κ3) is 3.87. The predicted molar refractivity (Wildman–Crippen MR) is 84.9 cm³/mol. The van der Waals surface area contributed by atoms with Crippen LogP contribution in [0.2, 0.25) is 0 Å². The largest absolute Gasteiger partial charge is 0.378 e. The van der Waals surface area contributed by atoms with Crippen LogP contribution >= 0.6 is 12.4 Å². The van der Waals surface area contributed by atoms with Gasteiger partial charge in [0.1, 0.15) is 0 Å². The lowest BCUT2D eigenvalue weighted by molar-refractivity contribution is -0.126. The predicted octanol–water partition coefficient (Wildman–Crippen LogP) is 0.781. The van der Waals surface area contributed by atoms with Gasteiger partial charge in [-0.05, 0) is 11.6 Å². The number of halogens is 1. The van der Waals surface area contributed by atoms with Gasteiger partial charge in [-0.3, -0.25) is 4.79 Å². The van der Waals surface area contributed by atoms with Crippen LogP contribution in [0.5, 0.6) is 0 Å². The number of ether oxygens (including phenoxy) is 1. The van der Waals surface area contributed by atoms with Crippen LogP contribution < -0.4 is 15.5 Å². The van der Waals surface area contributed by atoms with Gasteiger partial charge in [-0.2, -0.15) is 0 Å². The summed E-state index contributed by atoms with van der Waals surface area (Å²) in [6.45, 7) is 5.58. The zero-order valence-electron chi connectivity index (χ0n) is 12.0. The van der Waals surface area contributed by atoms with E-state index in [-0.39, 0.29) is 24.2 Å². The van der Waals surface area contributed by atoms with Gasteiger partial charge >= 0.3 is 0 Å². The first-order valence-electron chi connectivity index (χ1n) is 7.23. The van der Waals surface area contributed by atoms with Crippen LogP contribution in [0.4, 0.5) is 5.69 Å². The molecule has 116 valence electrons. The molecule has 2 heterocycles. The number of para-hydroxylation sites is 1. The summed E-state index contributed by atoms with van der Waals surface area (Å²) in [5, 5.41) is 6.16. The van der Waals surface area contributed by atoms with Crippen molar-refractivity contribution in [2.24, 2.45) is 5.92 Å². The van der Waals surface area contributed by atoms with Crippen LogP contribution in [0.3, 0.4) is 0 Å². The molecule has 2 aliphatic rings. The summed E-state index contributed by atoms with van der Waals surface area (Å²) in [6.07, 6.45) is 0. The SMILES string of the molecule is Cl.O=C(NCc1ccccc1N1CCOCC1)C1CNC1. The number of benzene rings is 1. The number of anilines is 1. The van der Waals surface area contributed by atoms with Crippen molar-refractivity contribution in [1.82, 2.24) is 10.6 Å². The summed E-state index contributed by atoms with van der Waals surface area (Å²) in [6, 6.07) is 8.28. The first kappa shape index (κ1) is 16.1. The Labute approximate surface area is 131 Å². The summed E-state index contributed by atoms with van der Waals surface area (Å²) >= 11 is 0. The number of nitrogens with zero attached hydrogens (tertiary/aromatic N) is 1. The van der Waals surface area contributed by atoms with Crippen molar-refractivity contribution in [3.05, 3.63) is 29.8 Å². The molecule has 1 aromatic rings. The van der Waals surface area contributed by atoms with Crippen LogP contribution in [-0.4, -0.2) is 45.3 Å². The second-order valence-corrected chi connectivity index (χ2v) is 5.30. The maximum atomic E-state index is 11.9. The van der Waals surface area contributed by atoms with Crippen LogP contribution in [0, 0.1) is 5.92 Å². The summed E-state index contributed by atoms with van der Waals surface area (Å²) in [5.74, 6) is 0.297. The Hall–Kier alpha value is -1.30. The van der Waals surface area contributed by atoms with Gasteiger partial charge in [0.2, 0.25) is 5.91 Å². The summed E-state index contributed by atoms with van der Waals surface area (Å²) in [4.78, 5) is 14.2. The topological polar surface area (TPSA) is 53.6 Å². The first-order chi connectivity index (χ1) is 9.84. The second kappa shape index (κ2) is 7.64. The molecular formula is C15H22ClN3O2. The van der Waals surface area contributed by atoms with Crippen molar-refractivity contribution in [2.75, 3.05) is 44.3 Å². The minimum atomic E-state index is 0. The van der Waals surface area contributed by atoms with Crippen molar-refractivity contribution in [3.63, 3.8) is 0 Å². The monoisotopic (exact) mass is 311 g/mol. The molecular weight excluding hydrogens is 290 g/mol. The standard InChI is InChI=1S/C15H21N3O2.ClH/c19-15(13-9-16-10-13)17-11-12-3-1-2-4-14(12)18-5-7-20-8-6-18;/h1-4,13,16H,5-11H2,(H,17,19);1H. The Balaban J connectivity index is 0.00000161. The second-order valence-electron chi connectivity index (χ2n) is 5.30. The van der Waals surface area contributed by atoms with Gasteiger partial charge in [-0.25, -0.2) is 0 Å². The minimum absolute atomic E-state index is 0. The van der Waals surface area contributed by atoms with Crippen molar-refractivity contribution >= 4 is 24.0 Å². The van der Waals surface area contributed by atoms with Crippen LogP contribution in [0.25, 0.3) is 0 Å². The smallest absolute Gasteiger partial charge is 0.225 e. The number of amides is 1. The van der Waals surface area contributed by atoms with E-state index < -0.39 is 0 Å². The molecule has 1 aromatic carbocycles. The van der Waals surface area contributed by atoms with E-state index in [0.29, 0.717) is 6.54 Å². The summed E-state index contributed by atoms with van der Waals surface area (Å²) in [7, 11) is 0. The fourth-order valence-electron chi connectivity index (χ4n) is 2.57. The Morgan fingerprint density at radius 1 is 1.29 bits per heavy atom. The van der Waals surface area contributed by atoms with Gasteiger partial charge in [0, 0.05) is 38.4 Å². The molecule has 3 rings (SSSR count). The molecule has 5 nitrogen and oxygen atoms in total. The molecule has 0 saturated carbocycles. The van der Waals surface area contributed by atoms with Gasteiger partial charge < -0.3 is 20.3 Å². The van der Waals surface area contributed by atoms with Gasteiger partial charge in [-0.15, -0.1) is 12.4 Å². The summed E-state index contributed by atoms with van der Waals surface area (Å²) in [5.41, 5.74) is 2.39. The lowest BCUT2D eigenvalue weighted by atomic mass is 10.0. The van der Waals surface area contributed by atoms with Crippen molar-refractivity contribution < 1.29 is 9.53 Å². The van der Waals surface area contributed by atoms with Crippen molar-refractivity contribution in [2.45, 2.75) is 6.54 Å². The van der Waals surface area contributed by atoms with Crippen LogP contribution in [0.15, 0.2) is 24.3 Å². The maximum Gasteiger partial charge on any atom is 0.225 e. The number of carbonyl (C=O) groups excluding carboxylic acids is 1. The minimum Gasteiger partial charge on any atom is -0.378 e. The molecule has 2 N–H and O–H groups in total. The number of morpholine rings is 1. The zero-order valence-corrected chi connectivity index (χ0v) is 12.8. The fourth-order valence-corrected chi connectivity index (χ4v) is 2.57. The lowest BCUT2D eigenvalue weighted by Gasteiger charge is -2.31. The number of nitrogens with one attached hydrogen (secondary N) is 2. The normalized spacial score (nSPS) is 18.6. The molecule has 0 spiro atoms. The molecule has 6 heteroatoms. The molecule has 2 aliphatic heterocycles. The molecule has 0 aliphatic carbocycles. The third-order valence-electron chi connectivity index (χ3n) is 3.95. The van der Waals surface area contributed by atoms with Crippen LogP contribution in [-0.2, 0) is 16.1 Å². The Bertz CT molecular complexity index is 474. The van der Waals surface area contributed by atoms with E-state index in [4.69, 9.17) is 4.74 Å². The molecule has 21 heavy (non-hydrogen) atoms. The van der Waals surface area contributed by atoms with Gasteiger partial charge in [0.25, 0.3) is 0 Å². The highest BCUT2D eigenvalue weighted by Crippen LogP contribution is 2.21. The first-order valence-corrected chi connectivity index (χ1v) is 7.23. The highest BCUT2D eigenvalue weighted by Gasteiger charge is 2.24. The van der Waals surface area contributed by atoms with E-state index in [1.807, 2.05) is 12.1 Å². The number of carbonyl (C=O) groups is 1. The lowest BCUT2D eigenvalue weighted by Crippen LogP contribution is -2.50. The van der Waals surface area contributed by atoms with Gasteiger partial charge in [0.15, 0.2) is 0 Å². The summed E-state index contributed by atoms with van der Waals surface area (Å²) < 4.78 is 5.39. The molecule has 0 bridgehead atoms. The quantitative estimate of drug-likeness (QED) is 0.863. The molecule has 2 saturated heterocycles. The van der Waals surface area contributed by atoms with E-state index >= 15 is 0 Å². The van der Waals surface area contributed by atoms with Crippen molar-refractivity contribution in [3.8, 4) is 0 Å². The van der Waals surface area contributed by atoms with Gasteiger partial charge in [-0.1, -0.05) is 18.2 Å². The van der Waals surface area contributed by atoms with Crippen LogP contribution in [0.1, 0.15) is 5.56 Å². The average molecular weight is 312 g/mol. The molecule has 1 amide bonds. The number of hydrogen-bond donors (Lipinski definition) is 2. The number of rotatable bonds is 4. The molecule has 0 radical (unpaired) electrons. The van der Waals surface area contributed by atoms with Gasteiger partial charge in [0.05, 0.1) is 19.1 Å². The molecule has 0 aromatic heterocycles. The highest BCUT2D eigenvalue weighted by atomic mass is 35.5. The van der Waals surface area contributed by atoms with E-state index in [9.17, 15) is 4.79 Å². The third-order valence-corrected chi connectivity index (χ3v) is 3.95. The molecule has 2 fully saturated rings. The number of hydrogen-bond acceptors (Lipinski definition) is 4. The maximum absolute atomic E-state index is 11.9. The molecule has 0 unspecified atom stereocenters. The van der Waals surface area contributed by atoms with E-state index in [2.05, 4.69) is 27.7 Å². The average Bonchev–Trinajstić information content (AvgIpc) is 2.44.